The molecule has 0 saturated carbocycles. The number of aliphatic hydroxyl groups is 1. The molecule has 2 rings (SSSR count). The minimum atomic E-state index is -0.980. The highest BCUT2D eigenvalue weighted by Crippen LogP contribution is 2.23. The van der Waals surface area contributed by atoms with E-state index in [1.54, 1.807) is 12.1 Å². The Hall–Kier alpha value is -2.01. The molecule has 5 heteroatoms. The summed E-state index contributed by atoms with van der Waals surface area (Å²) >= 11 is 0. The molecule has 0 atom stereocenters. The smallest absolute Gasteiger partial charge is 0.219 e. The molecule has 0 fully saturated rings. The lowest BCUT2D eigenvalue weighted by Crippen LogP contribution is -1.96. The van der Waals surface area contributed by atoms with E-state index >= 15 is 0 Å². The van der Waals surface area contributed by atoms with Gasteiger partial charge in [0.15, 0.2) is 11.6 Å². The van der Waals surface area contributed by atoms with E-state index in [-0.39, 0.29) is 18.2 Å². The molecular weight excluding hydrogens is 252 g/mol. The number of aryl methyl sites for hydroxylation is 1. The van der Waals surface area contributed by atoms with Crippen molar-refractivity contribution in [3.8, 4) is 11.6 Å². The van der Waals surface area contributed by atoms with Crippen molar-refractivity contribution < 1.29 is 18.6 Å². The third-order valence-corrected chi connectivity index (χ3v) is 2.57. The Morgan fingerprint density at radius 1 is 1.16 bits per heavy atom. The normalized spacial score (nSPS) is 10.5. The van der Waals surface area contributed by atoms with E-state index in [0.717, 1.165) is 17.8 Å². The number of hydrogen-bond acceptors (Lipinski definition) is 3. The van der Waals surface area contributed by atoms with Gasteiger partial charge in [0.25, 0.3) is 0 Å². The van der Waals surface area contributed by atoms with Crippen molar-refractivity contribution in [2.45, 2.75) is 20.0 Å². The van der Waals surface area contributed by atoms with Gasteiger partial charge in [-0.15, -0.1) is 0 Å². The number of nitrogens with zero attached hydrogens (tertiary/aromatic N) is 1. The maximum Gasteiger partial charge on any atom is 0.219 e. The zero-order valence-corrected chi connectivity index (χ0v) is 10.4. The summed E-state index contributed by atoms with van der Waals surface area (Å²) in [5.41, 5.74) is 1.41. The fourth-order valence-corrected chi connectivity index (χ4v) is 1.61. The molecular formula is C14H13F2NO2. The second-order valence-corrected chi connectivity index (χ2v) is 3.99. The molecule has 3 nitrogen and oxygen atoms in total. The highest BCUT2D eigenvalue weighted by Gasteiger charge is 2.07. The van der Waals surface area contributed by atoms with E-state index in [1.165, 1.54) is 6.07 Å². The number of hydrogen-bond donors (Lipinski definition) is 1. The zero-order valence-electron chi connectivity index (χ0n) is 10.4. The number of pyridine rings is 1. The van der Waals surface area contributed by atoms with Crippen LogP contribution in [0.15, 0.2) is 30.3 Å². The third-order valence-electron chi connectivity index (χ3n) is 2.57. The van der Waals surface area contributed by atoms with Crippen LogP contribution in [0.4, 0.5) is 8.78 Å². The molecule has 0 aliphatic rings. The van der Waals surface area contributed by atoms with Crippen molar-refractivity contribution in [3.63, 3.8) is 0 Å². The van der Waals surface area contributed by atoms with Crippen LogP contribution in [0.2, 0.25) is 0 Å². The predicted octanol–water partition coefficient (Wildman–Crippen LogP) is 3.21. The average molecular weight is 265 g/mol. The van der Waals surface area contributed by atoms with Crippen molar-refractivity contribution in [2.75, 3.05) is 0 Å². The number of halogens is 2. The summed E-state index contributed by atoms with van der Waals surface area (Å²) in [6.45, 7) is 1.79. The Bertz CT molecular complexity index is 565. The van der Waals surface area contributed by atoms with E-state index in [4.69, 9.17) is 9.84 Å². The lowest BCUT2D eigenvalue weighted by atomic mass is 10.2. The minimum Gasteiger partial charge on any atom is -0.439 e. The molecule has 0 unspecified atom stereocenters. The molecule has 0 aliphatic heterocycles. The van der Waals surface area contributed by atoms with Gasteiger partial charge in [0.1, 0.15) is 5.75 Å². The fraction of sp³-hybridized carbons (Fsp3) is 0.214. The molecule has 0 spiro atoms. The summed E-state index contributed by atoms with van der Waals surface area (Å²) in [4.78, 5) is 4.20. The molecule has 100 valence electrons. The van der Waals surface area contributed by atoms with Crippen LogP contribution in [-0.2, 0) is 13.0 Å². The van der Waals surface area contributed by atoms with Gasteiger partial charge in [0.2, 0.25) is 5.88 Å². The SMILES string of the molecule is CCc1cc(CO)cc(Oc2ccc(F)c(F)c2)n1. The van der Waals surface area contributed by atoms with Crippen LogP contribution >= 0.6 is 0 Å². The van der Waals surface area contributed by atoms with Gasteiger partial charge >= 0.3 is 0 Å². The van der Waals surface area contributed by atoms with Crippen molar-refractivity contribution >= 4 is 0 Å². The maximum atomic E-state index is 13.1. The summed E-state index contributed by atoms with van der Waals surface area (Å²) in [6, 6.07) is 6.57. The van der Waals surface area contributed by atoms with E-state index in [1.807, 2.05) is 6.92 Å². The Morgan fingerprint density at radius 3 is 2.58 bits per heavy atom. The van der Waals surface area contributed by atoms with Gasteiger partial charge in [-0.1, -0.05) is 6.92 Å². The molecule has 1 heterocycles. The largest absolute Gasteiger partial charge is 0.439 e. The number of ether oxygens (including phenoxy) is 1. The van der Waals surface area contributed by atoms with Crippen molar-refractivity contribution in [2.24, 2.45) is 0 Å². The van der Waals surface area contributed by atoms with Crippen LogP contribution in [0, 0.1) is 11.6 Å². The van der Waals surface area contributed by atoms with Gasteiger partial charge in [0.05, 0.1) is 6.61 Å². The monoisotopic (exact) mass is 265 g/mol. The second-order valence-electron chi connectivity index (χ2n) is 3.99. The number of aromatic nitrogens is 1. The molecule has 0 aliphatic carbocycles. The highest BCUT2D eigenvalue weighted by molar-refractivity contribution is 5.31. The van der Waals surface area contributed by atoms with Gasteiger partial charge in [-0.3, -0.25) is 0 Å². The quantitative estimate of drug-likeness (QED) is 0.923. The lowest BCUT2D eigenvalue weighted by molar-refractivity contribution is 0.281. The molecule has 1 aromatic heterocycles. The third kappa shape index (κ3) is 3.26. The highest BCUT2D eigenvalue weighted by atomic mass is 19.2. The Balaban J connectivity index is 2.29. The molecule has 0 radical (unpaired) electrons. The lowest BCUT2D eigenvalue weighted by Gasteiger charge is -2.08. The zero-order chi connectivity index (χ0) is 13.8. The van der Waals surface area contributed by atoms with Gasteiger partial charge in [-0.25, -0.2) is 13.8 Å². The van der Waals surface area contributed by atoms with E-state index in [9.17, 15) is 8.78 Å². The average Bonchev–Trinajstić information content (AvgIpc) is 2.42. The summed E-state index contributed by atoms with van der Waals surface area (Å²) in [6.07, 6.45) is 0.683. The first-order valence-electron chi connectivity index (χ1n) is 5.86. The second kappa shape index (κ2) is 5.75. The Morgan fingerprint density at radius 2 is 1.95 bits per heavy atom. The first-order valence-corrected chi connectivity index (χ1v) is 5.86. The van der Waals surface area contributed by atoms with Crippen molar-refractivity contribution in [3.05, 3.63) is 53.2 Å². The van der Waals surface area contributed by atoms with Crippen molar-refractivity contribution in [1.29, 1.82) is 0 Å². The van der Waals surface area contributed by atoms with Gasteiger partial charge in [-0.05, 0) is 30.2 Å². The van der Waals surface area contributed by atoms with E-state index in [0.29, 0.717) is 12.0 Å². The molecule has 1 N–H and O–H groups in total. The Labute approximate surface area is 109 Å². The van der Waals surface area contributed by atoms with E-state index in [2.05, 4.69) is 4.98 Å². The van der Waals surface area contributed by atoms with E-state index < -0.39 is 11.6 Å². The molecule has 0 saturated heterocycles. The van der Waals surface area contributed by atoms with Gasteiger partial charge in [-0.2, -0.15) is 0 Å². The van der Waals surface area contributed by atoms with Crippen LogP contribution in [0.3, 0.4) is 0 Å². The molecule has 0 bridgehead atoms. The van der Waals surface area contributed by atoms with Gasteiger partial charge < -0.3 is 9.84 Å². The summed E-state index contributed by atoms with van der Waals surface area (Å²) in [5.74, 6) is -1.51. The summed E-state index contributed by atoms with van der Waals surface area (Å²) < 4.78 is 31.2. The van der Waals surface area contributed by atoms with Crippen LogP contribution in [0.25, 0.3) is 0 Å². The molecule has 19 heavy (non-hydrogen) atoms. The first kappa shape index (κ1) is 13.4. The van der Waals surface area contributed by atoms with Crippen LogP contribution in [-0.4, -0.2) is 10.1 Å². The van der Waals surface area contributed by atoms with Crippen LogP contribution < -0.4 is 4.74 Å². The number of benzene rings is 1. The first-order chi connectivity index (χ1) is 9.12. The topological polar surface area (TPSA) is 42.4 Å². The van der Waals surface area contributed by atoms with Crippen LogP contribution in [0.1, 0.15) is 18.2 Å². The number of aliphatic hydroxyl groups excluding tert-OH is 1. The fourth-order valence-electron chi connectivity index (χ4n) is 1.61. The molecule has 0 amide bonds. The summed E-state index contributed by atoms with van der Waals surface area (Å²) in [5, 5.41) is 9.14. The van der Waals surface area contributed by atoms with Gasteiger partial charge in [0, 0.05) is 17.8 Å². The van der Waals surface area contributed by atoms with Crippen molar-refractivity contribution in [1.82, 2.24) is 4.98 Å². The van der Waals surface area contributed by atoms with Crippen LogP contribution in [0.5, 0.6) is 11.6 Å². The summed E-state index contributed by atoms with van der Waals surface area (Å²) in [7, 11) is 0. The number of rotatable bonds is 4. The standard InChI is InChI=1S/C14H13F2NO2/c1-2-10-5-9(8-18)6-14(17-10)19-11-3-4-12(15)13(16)7-11/h3-7,18H,2,8H2,1H3. The predicted molar refractivity (Wildman–Crippen MR) is 66.0 cm³/mol. The minimum absolute atomic E-state index is 0.135. The molecule has 1 aromatic carbocycles. The maximum absolute atomic E-state index is 13.1. The Kier molecular flexibility index (Phi) is 4.06. The molecule has 2 aromatic rings.